The Labute approximate surface area is 385 Å². The highest BCUT2D eigenvalue weighted by Crippen LogP contribution is 2.40. The first-order chi connectivity index (χ1) is 33.2. The van der Waals surface area contributed by atoms with Crippen molar-refractivity contribution in [1.29, 1.82) is 0 Å². The Kier molecular flexibility index (Phi) is 8.24. The highest BCUT2D eigenvalue weighted by Gasteiger charge is 2.27. The number of aliphatic imine (C=N–C) groups is 2. The average molecular weight is 858 g/mol. The maximum atomic E-state index is 6.80. The number of hydrogen-bond donors (Lipinski definition) is 1. The molecule has 0 aliphatic carbocycles. The smallest absolute Gasteiger partial charge is 0.159 e. The van der Waals surface area contributed by atoms with Gasteiger partial charge in [0.1, 0.15) is 23.2 Å². The van der Waals surface area contributed by atoms with Gasteiger partial charge >= 0.3 is 0 Å². The number of benzene rings is 10. The lowest BCUT2D eigenvalue weighted by molar-refractivity contribution is 0.667. The number of furan rings is 1. The van der Waals surface area contributed by atoms with Gasteiger partial charge in [0.05, 0.1) is 27.8 Å². The molecule has 10 aromatic carbocycles. The van der Waals surface area contributed by atoms with Crippen LogP contribution in [0.2, 0.25) is 0 Å². The van der Waals surface area contributed by atoms with Gasteiger partial charge < -0.3 is 18.9 Å². The third-order valence-corrected chi connectivity index (χ3v) is 13.5. The van der Waals surface area contributed by atoms with E-state index in [4.69, 9.17) is 14.4 Å². The normalized spacial score (nSPS) is 14.1. The van der Waals surface area contributed by atoms with E-state index in [1.54, 1.807) is 0 Å². The minimum absolute atomic E-state index is 0.445. The van der Waals surface area contributed by atoms with Crippen LogP contribution in [0.3, 0.4) is 0 Å². The molecule has 0 radical (unpaired) electrons. The van der Waals surface area contributed by atoms with Gasteiger partial charge in [-0.2, -0.15) is 0 Å². The second-order valence-corrected chi connectivity index (χ2v) is 17.4. The molecule has 0 bridgehead atoms. The molecule has 13 aromatic rings. The molecule has 1 aliphatic heterocycles. The fraction of sp³-hybridized carbons (Fsp3) is 0.0164. The van der Waals surface area contributed by atoms with E-state index < -0.39 is 6.17 Å². The second kappa shape index (κ2) is 14.8. The monoisotopic (exact) mass is 857 g/mol. The molecular weight excluding hydrogens is 819 g/mol. The van der Waals surface area contributed by atoms with E-state index in [2.05, 4.69) is 227 Å². The van der Waals surface area contributed by atoms with Crippen molar-refractivity contribution in [2.45, 2.75) is 6.17 Å². The van der Waals surface area contributed by atoms with Crippen LogP contribution in [0.1, 0.15) is 22.9 Å². The summed E-state index contributed by atoms with van der Waals surface area (Å²) in [5.74, 6) is 1.36. The molecule has 6 nitrogen and oxygen atoms in total. The topological polar surface area (TPSA) is 59.8 Å². The minimum atomic E-state index is -0.445. The van der Waals surface area contributed by atoms with Crippen molar-refractivity contribution in [2.75, 3.05) is 0 Å². The SMILES string of the molecule is c1ccc(-c2ccc(C3N=C(c4ccc5c6ccccc6n(-c6ccccc6)c5c4)N=C(c4cc(-n5c6ccccc6c6cc7ccccc7cc65)cc5oc6ccccc6c45)N3)cc2)cc1. The lowest BCUT2D eigenvalue weighted by atomic mass is 10.0. The van der Waals surface area contributed by atoms with E-state index in [9.17, 15) is 0 Å². The van der Waals surface area contributed by atoms with Gasteiger partial charge in [-0.05, 0) is 82.1 Å². The quantitative estimate of drug-likeness (QED) is 0.181. The number of rotatable bonds is 6. The summed E-state index contributed by atoms with van der Waals surface area (Å²) in [7, 11) is 0. The van der Waals surface area contributed by atoms with E-state index in [0.29, 0.717) is 5.84 Å². The third kappa shape index (κ3) is 5.97. The Hall–Kier alpha value is -9.00. The van der Waals surface area contributed by atoms with Crippen LogP contribution in [0.15, 0.2) is 239 Å². The first kappa shape index (κ1) is 37.4. The van der Waals surface area contributed by atoms with Crippen LogP contribution < -0.4 is 5.32 Å². The maximum Gasteiger partial charge on any atom is 0.159 e. The zero-order chi connectivity index (χ0) is 44.0. The predicted molar refractivity (Wildman–Crippen MR) is 277 cm³/mol. The van der Waals surface area contributed by atoms with Gasteiger partial charge in [0.25, 0.3) is 0 Å². The molecule has 0 saturated carbocycles. The van der Waals surface area contributed by atoms with Gasteiger partial charge in [-0.15, -0.1) is 0 Å². The molecule has 67 heavy (non-hydrogen) atoms. The number of aromatic nitrogens is 2. The largest absolute Gasteiger partial charge is 0.456 e. The van der Waals surface area contributed by atoms with Crippen molar-refractivity contribution in [2.24, 2.45) is 9.98 Å². The average Bonchev–Trinajstić information content (AvgIpc) is 4.05. The maximum absolute atomic E-state index is 6.80. The molecule has 1 atom stereocenters. The first-order valence-electron chi connectivity index (χ1n) is 22.8. The van der Waals surface area contributed by atoms with Crippen LogP contribution in [0.5, 0.6) is 0 Å². The highest BCUT2D eigenvalue weighted by molar-refractivity contribution is 6.23. The van der Waals surface area contributed by atoms with Crippen LogP contribution in [0.4, 0.5) is 0 Å². The molecular formula is C61H39N5O. The van der Waals surface area contributed by atoms with Crippen LogP contribution >= 0.6 is 0 Å². The van der Waals surface area contributed by atoms with E-state index in [-0.39, 0.29) is 0 Å². The Morgan fingerprint density at radius 3 is 1.76 bits per heavy atom. The molecule has 14 rings (SSSR count). The molecule has 0 fully saturated rings. The van der Waals surface area contributed by atoms with Crippen molar-refractivity contribution in [3.8, 4) is 22.5 Å². The van der Waals surface area contributed by atoms with E-state index in [0.717, 1.165) is 83.5 Å². The molecule has 3 aromatic heterocycles. The van der Waals surface area contributed by atoms with Crippen LogP contribution in [0.25, 0.3) is 98.8 Å². The van der Waals surface area contributed by atoms with Crippen molar-refractivity contribution < 1.29 is 4.42 Å². The van der Waals surface area contributed by atoms with Gasteiger partial charge in [-0.1, -0.05) is 164 Å². The summed E-state index contributed by atoms with van der Waals surface area (Å²) in [5.41, 5.74) is 13.4. The Balaban J connectivity index is 1.01. The summed E-state index contributed by atoms with van der Waals surface area (Å²) in [6.45, 7) is 0. The molecule has 1 aliphatic rings. The van der Waals surface area contributed by atoms with Gasteiger partial charge in [0.2, 0.25) is 0 Å². The molecule has 0 amide bonds. The zero-order valence-electron chi connectivity index (χ0n) is 36.1. The summed E-state index contributed by atoms with van der Waals surface area (Å²) in [4.78, 5) is 11.0. The van der Waals surface area contributed by atoms with Gasteiger partial charge in [0.15, 0.2) is 5.84 Å². The Morgan fingerprint density at radius 2 is 0.985 bits per heavy atom. The summed E-state index contributed by atoms with van der Waals surface area (Å²) in [6.07, 6.45) is -0.445. The Morgan fingerprint density at radius 1 is 0.403 bits per heavy atom. The van der Waals surface area contributed by atoms with Crippen molar-refractivity contribution in [3.63, 3.8) is 0 Å². The summed E-state index contributed by atoms with van der Waals surface area (Å²) < 4.78 is 11.5. The number of para-hydroxylation sites is 4. The van der Waals surface area contributed by atoms with Crippen molar-refractivity contribution >= 4 is 88.0 Å². The Bertz CT molecular complexity index is 4180. The van der Waals surface area contributed by atoms with Crippen LogP contribution in [-0.4, -0.2) is 20.8 Å². The third-order valence-electron chi connectivity index (χ3n) is 13.5. The summed E-state index contributed by atoms with van der Waals surface area (Å²) >= 11 is 0. The van der Waals surface area contributed by atoms with Gasteiger partial charge in [0, 0.05) is 55.2 Å². The molecule has 0 spiro atoms. The number of hydrogen-bond acceptors (Lipinski definition) is 4. The summed E-state index contributed by atoms with van der Waals surface area (Å²) in [5, 5.41) is 13.1. The molecule has 4 heterocycles. The zero-order valence-corrected chi connectivity index (χ0v) is 36.1. The predicted octanol–water partition coefficient (Wildman–Crippen LogP) is 15.1. The molecule has 1 N–H and O–H groups in total. The number of fused-ring (bicyclic) bond motifs is 10. The first-order valence-corrected chi connectivity index (χ1v) is 22.8. The van der Waals surface area contributed by atoms with E-state index >= 15 is 0 Å². The van der Waals surface area contributed by atoms with Crippen LogP contribution in [0, 0.1) is 0 Å². The number of nitrogens with zero attached hydrogens (tertiary/aromatic N) is 4. The highest BCUT2D eigenvalue weighted by atomic mass is 16.3. The van der Waals surface area contributed by atoms with Crippen LogP contribution in [-0.2, 0) is 0 Å². The minimum Gasteiger partial charge on any atom is -0.456 e. The van der Waals surface area contributed by atoms with Gasteiger partial charge in [-0.3, -0.25) is 0 Å². The van der Waals surface area contributed by atoms with Crippen molar-refractivity contribution in [1.82, 2.24) is 14.5 Å². The lowest BCUT2D eigenvalue weighted by Crippen LogP contribution is -2.33. The fourth-order valence-corrected chi connectivity index (χ4v) is 10.4. The molecule has 314 valence electrons. The standard InChI is InChI=1S/C61H39N5O/c1-3-15-38(16-4-1)39-27-29-40(30-28-39)59-62-60(43-31-32-48-46-21-9-12-24-52(46)65(54(48)35-43)44-19-5-2-6-20-44)64-61(63-59)51-36-45(37-57-58(51)49-23-11-14-26-56(49)67-57)66-53-25-13-10-22-47(53)50-33-41-17-7-8-18-42(41)34-55(50)66/h1-37,59H,(H,62,63,64). The lowest BCUT2D eigenvalue weighted by Gasteiger charge is -2.25. The second-order valence-electron chi connectivity index (χ2n) is 17.4. The molecule has 6 heteroatoms. The van der Waals surface area contributed by atoms with Gasteiger partial charge in [-0.25, -0.2) is 9.98 Å². The van der Waals surface area contributed by atoms with E-state index in [1.807, 2.05) is 12.1 Å². The van der Waals surface area contributed by atoms with E-state index in [1.165, 1.54) is 37.9 Å². The fourth-order valence-electron chi connectivity index (χ4n) is 10.4. The molecule has 1 unspecified atom stereocenters. The summed E-state index contributed by atoms with van der Waals surface area (Å²) in [6, 6.07) is 79.8. The number of nitrogens with one attached hydrogen (secondary N) is 1. The van der Waals surface area contributed by atoms with Crippen molar-refractivity contribution in [3.05, 3.63) is 241 Å². The molecule has 0 saturated heterocycles. The number of amidine groups is 2.